The smallest absolute Gasteiger partial charge is 0.148 e. The Balaban J connectivity index is 2.85. The normalized spacial score (nSPS) is 11.0. The molecule has 0 amide bonds. The van der Waals surface area contributed by atoms with E-state index in [2.05, 4.69) is 15.9 Å². The summed E-state index contributed by atoms with van der Waals surface area (Å²) in [6, 6.07) is 4.58. The molecule has 0 nitrogen and oxygen atoms in total. The fourth-order valence-electron chi connectivity index (χ4n) is 1.21. The lowest BCUT2D eigenvalue weighted by Crippen LogP contribution is -1.79. The predicted octanol–water partition coefficient (Wildman–Crippen LogP) is 4.07. The first-order chi connectivity index (χ1) is 6.24. The molecule has 0 bridgehead atoms. The third kappa shape index (κ3) is 1.38. The number of halogens is 3. The van der Waals surface area contributed by atoms with Crippen molar-refractivity contribution in [2.45, 2.75) is 5.33 Å². The zero-order chi connectivity index (χ0) is 9.42. The van der Waals surface area contributed by atoms with Crippen LogP contribution in [0.1, 0.15) is 4.88 Å². The van der Waals surface area contributed by atoms with Crippen molar-refractivity contribution in [2.24, 2.45) is 0 Å². The van der Waals surface area contributed by atoms with E-state index >= 15 is 0 Å². The van der Waals surface area contributed by atoms with Gasteiger partial charge >= 0.3 is 0 Å². The Kier molecular flexibility index (Phi) is 2.34. The average Bonchev–Trinajstić information content (AvgIpc) is 2.44. The number of hydrogen-bond acceptors (Lipinski definition) is 1. The van der Waals surface area contributed by atoms with Gasteiger partial charge in [0.1, 0.15) is 11.6 Å². The SMILES string of the molecule is Fc1cccc2sc(CBr)c(F)c12. The van der Waals surface area contributed by atoms with Crippen LogP contribution in [0.15, 0.2) is 18.2 Å². The molecule has 0 unspecified atom stereocenters. The van der Waals surface area contributed by atoms with Crippen LogP contribution in [-0.2, 0) is 5.33 Å². The maximum atomic E-state index is 13.4. The predicted molar refractivity (Wildman–Crippen MR) is 54.4 cm³/mol. The van der Waals surface area contributed by atoms with Crippen LogP contribution in [0.5, 0.6) is 0 Å². The van der Waals surface area contributed by atoms with Crippen molar-refractivity contribution in [3.05, 3.63) is 34.7 Å². The van der Waals surface area contributed by atoms with E-state index in [9.17, 15) is 8.78 Å². The molecular weight excluding hydrogens is 258 g/mol. The Morgan fingerprint density at radius 3 is 2.69 bits per heavy atom. The molecule has 0 aliphatic carbocycles. The molecule has 0 spiro atoms. The molecule has 1 heterocycles. The molecule has 2 rings (SSSR count). The third-order valence-corrected chi connectivity index (χ3v) is 3.86. The van der Waals surface area contributed by atoms with E-state index in [-0.39, 0.29) is 5.39 Å². The highest BCUT2D eigenvalue weighted by Crippen LogP contribution is 2.32. The summed E-state index contributed by atoms with van der Waals surface area (Å²) >= 11 is 4.44. The minimum atomic E-state index is -0.488. The Bertz CT molecular complexity index is 450. The molecule has 0 radical (unpaired) electrons. The van der Waals surface area contributed by atoms with Crippen molar-refractivity contribution in [3.8, 4) is 0 Å². The molecule has 4 heteroatoms. The molecule has 68 valence electrons. The van der Waals surface area contributed by atoms with Crippen molar-refractivity contribution >= 4 is 37.4 Å². The molecule has 2 aromatic rings. The quantitative estimate of drug-likeness (QED) is 0.680. The number of fused-ring (bicyclic) bond motifs is 1. The Hall–Kier alpha value is -0.480. The first kappa shape index (κ1) is 9.09. The van der Waals surface area contributed by atoms with Crippen LogP contribution in [0, 0.1) is 11.6 Å². The topological polar surface area (TPSA) is 0 Å². The van der Waals surface area contributed by atoms with E-state index in [4.69, 9.17) is 0 Å². The summed E-state index contributed by atoms with van der Waals surface area (Å²) in [6.07, 6.45) is 0. The molecule has 0 saturated carbocycles. The van der Waals surface area contributed by atoms with Gasteiger partial charge in [0.05, 0.1) is 10.3 Å². The zero-order valence-electron chi connectivity index (χ0n) is 6.48. The molecule has 0 aliphatic rings. The Morgan fingerprint density at radius 2 is 2.08 bits per heavy atom. The lowest BCUT2D eigenvalue weighted by atomic mass is 10.2. The summed E-state index contributed by atoms with van der Waals surface area (Å²) in [5.41, 5.74) is 0. The minimum Gasteiger partial charge on any atom is -0.206 e. The number of rotatable bonds is 1. The van der Waals surface area contributed by atoms with Crippen LogP contribution >= 0.6 is 27.3 Å². The van der Waals surface area contributed by atoms with Gasteiger partial charge in [0, 0.05) is 10.0 Å². The number of hydrogen-bond donors (Lipinski definition) is 0. The summed E-state index contributed by atoms with van der Waals surface area (Å²) < 4.78 is 27.2. The van der Waals surface area contributed by atoms with Gasteiger partial charge in [-0.3, -0.25) is 0 Å². The van der Waals surface area contributed by atoms with Gasteiger partial charge in [-0.05, 0) is 12.1 Å². The Labute approximate surface area is 86.3 Å². The van der Waals surface area contributed by atoms with Gasteiger partial charge in [-0.2, -0.15) is 0 Å². The molecule has 0 N–H and O–H groups in total. The summed E-state index contributed by atoms with van der Waals surface area (Å²) in [6.45, 7) is 0. The van der Waals surface area contributed by atoms with Gasteiger partial charge in [-0.25, -0.2) is 8.78 Å². The number of benzene rings is 1. The first-order valence-electron chi connectivity index (χ1n) is 3.65. The summed E-state index contributed by atoms with van der Waals surface area (Å²) in [5, 5.41) is 0.541. The largest absolute Gasteiger partial charge is 0.206 e. The summed E-state index contributed by atoms with van der Waals surface area (Å²) in [7, 11) is 0. The van der Waals surface area contributed by atoms with Crippen LogP contribution in [0.2, 0.25) is 0 Å². The lowest BCUT2D eigenvalue weighted by molar-refractivity contribution is 0.607. The second-order valence-corrected chi connectivity index (χ2v) is 4.28. The van der Waals surface area contributed by atoms with Crippen molar-refractivity contribution in [2.75, 3.05) is 0 Å². The molecule has 0 atom stereocenters. The van der Waals surface area contributed by atoms with Crippen LogP contribution in [-0.4, -0.2) is 0 Å². The van der Waals surface area contributed by atoms with E-state index < -0.39 is 11.6 Å². The lowest BCUT2D eigenvalue weighted by Gasteiger charge is -1.90. The van der Waals surface area contributed by atoms with Crippen LogP contribution in [0.3, 0.4) is 0 Å². The van der Waals surface area contributed by atoms with E-state index in [1.165, 1.54) is 17.4 Å². The maximum Gasteiger partial charge on any atom is 0.148 e. The second kappa shape index (κ2) is 3.35. The Morgan fingerprint density at radius 1 is 1.31 bits per heavy atom. The fraction of sp³-hybridized carbons (Fsp3) is 0.111. The molecule has 0 aliphatic heterocycles. The number of thiophene rings is 1. The monoisotopic (exact) mass is 262 g/mol. The van der Waals surface area contributed by atoms with Gasteiger partial charge in [0.15, 0.2) is 0 Å². The molecule has 1 aromatic carbocycles. The van der Waals surface area contributed by atoms with E-state index in [1.807, 2.05) is 0 Å². The van der Waals surface area contributed by atoms with E-state index in [0.29, 0.717) is 14.9 Å². The van der Waals surface area contributed by atoms with Crippen molar-refractivity contribution in [1.29, 1.82) is 0 Å². The van der Waals surface area contributed by atoms with Gasteiger partial charge in [-0.15, -0.1) is 11.3 Å². The van der Waals surface area contributed by atoms with E-state index in [0.717, 1.165) is 0 Å². The van der Waals surface area contributed by atoms with E-state index in [1.54, 1.807) is 12.1 Å². The first-order valence-corrected chi connectivity index (χ1v) is 5.59. The summed E-state index contributed by atoms with van der Waals surface area (Å²) in [5.74, 6) is -0.923. The third-order valence-electron chi connectivity index (χ3n) is 1.79. The van der Waals surface area contributed by atoms with Gasteiger partial charge < -0.3 is 0 Å². The second-order valence-electron chi connectivity index (χ2n) is 2.59. The van der Waals surface area contributed by atoms with Gasteiger partial charge in [0.25, 0.3) is 0 Å². The van der Waals surface area contributed by atoms with Crippen LogP contribution < -0.4 is 0 Å². The van der Waals surface area contributed by atoms with Gasteiger partial charge in [0.2, 0.25) is 0 Å². The average molecular weight is 263 g/mol. The van der Waals surface area contributed by atoms with Crippen molar-refractivity contribution < 1.29 is 8.78 Å². The minimum absolute atomic E-state index is 0.113. The van der Waals surface area contributed by atoms with Crippen molar-refractivity contribution in [3.63, 3.8) is 0 Å². The number of alkyl halides is 1. The molecule has 0 saturated heterocycles. The van der Waals surface area contributed by atoms with Crippen molar-refractivity contribution in [1.82, 2.24) is 0 Å². The van der Waals surface area contributed by atoms with Crippen LogP contribution in [0.4, 0.5) is 8.78 Å². The molecule has 13 heavy (non-hydrogen) atoms. The maximum absolute atomic E-state index is 13.4. The standard InChI is InChI=1S/C9H5BrF2S/c10-4-7-9(12)8-5(11)2-1-3-6(8)13-7/h1-3H,4H2. The highest BCUT2D eigenvalue weighted by atomic mass is 79.9. The molecular formula is C9H5BrF2S. The highest BCUT2D eigenvalue weighted by molar-refractivity contribution is 9.08. The fourth-order valence-corrected chi connectivity index (χ4v) is 2.74. The molecule has 0 fully saturated rings. The summed E-state index contributed by atoms with van der Waals surface area (Å²) in [4.78, 5) is 0.542. The zero-order valence-corrected chi connectivity index (χ0v) is 8.88. The molecule has 1 aromatic heterocycles. The van der Waals surface area contributed by atoms with Crippen LogP contribution in [0.25, 0.3) is 10.1 Å². The highest BCUT2D eigenvalue weighted by Gasteiger charge is 2.13. The van der Waals surface area contributed by atoms with Gasteiger partial charge in [-0.1, -0.05) is 22.0 Å².